The van der Waals surface area contributed by atoms with Gasteiger partial charge < -0.3 is 5.73 Å². The van der Waals surface area contributed by atoms with Crippen LogP contribution in [0.25, 0.3) is 11.0 Å². The van der Waals surface area contributed by atoms with Crippen LogP contribution in [-0.4, -0.2) is 18.4 Å². The second-order valence-corrected chi connectivity index (χ2v) is 6.68. The normalized spacial score (nSPS) is 11.5. The van der Waals surface area contributed by atoms with E-state index in [2.05, 4.69) is 14.7 Å². The first-order valence-corrected chi connectivity index (χ1v) is 8.16. The van der Waals surface area contributed by atoms with Crippen molar-refractivity contribution in [2.75, 3.05) is 10.5 Å². The van der Waals surface area contributed by atoms with Crippen molar-refractivity contribution < 1.29 is 20.0 Å². The molecule has 0 unspecified atom stereocenters. The zero-order valence-corrected chi connectivity index (χ0v) is 12.9. The molecule has 1 aromatic heterocycles. The number of nitrogen functional groups attached to an aromatic ring is 1. The summed E-state index contributed by atoms with van der Waals surface area (Å²) >= 11 is 5.14. The van der Waals surface area contributed by atoms with E-state index in [0.717, 1.165) is 0 Å². The molecule has 22 heavy (non-hydrogen) atoms. The number of halogens is 1. The molecular formula is C14H12ClN4O2S+. The summed E-state index contributed by atoms with van der Waals surface area (Å²) in [4.78, 5) is 8.48. The molecule has 0 aliphatic rings. The molecule has 0 fully saturated rings. The smallest absolute Gasteiger partial charge is 0.263 e. The highest BCUT2D eigenvalue weighted by Crippen LogP contribution is 2.19. The van der Waals surface area contributed by atoms with Gasteiger partial charge in [-0.25, -0.2) is 18.4 Å². The molecular weight excluding hydrogens is 324 g/mol. The molecule has 3 aromatic rings. The molecule has 0 aliphatic carbocycles. The third-order valence-corrected chi connectivity index (χ3v) is 4.66. The number of aromatic nitrogens is 2. The monoisotopic (exact) mass is 335 g/mol. The number of anilines is 2. The number of nitrogens with zero attached hydrogens (tertiary/aromatic N) is 2. The molecule has 0 aliphatic heterocycles. The first-order chi connectivity index (χ1) is 10.5. The van der Waals surface area contributed by atoms with Gasteiger partial charge >= 0.3 is 0 Å². The molecule has 3 N–H and O–H groups in total. The predicted molar refractivity (Wildman–Crippen MR) is 81.8 cm³/mol. The fourth-order valence-corrected chi connectivity index (χ4v) is 3.13. The second-order valence-electron chi connectivity index (χ2n) is 4.55. The summed E-state index contributed by atoms with van der Waals surface area (Å²) in [6.45, 7) is 0. The van der Waals surface area contributed by atoms with E-state index in [-0.39, 0.29) is 10.7 Å². The Balaban J connectivity index is 1.97. The number of nitrogens with two attached hydrogens (primary N) is 1. The van der Waals surface area contributed by atoms with E-state index in [1.54, 1.807) is 18.2 Å². The molecule has 1 heterocycles. The van der Waals surface area contributed by atoms with Gasteiger partial charge in [-0.15, -0.1) is 0 Å². The highest BCUT2D eigenvalue weighted by molar-refractivity contribution is 7.92. The van der Waals surface area contributed by atoms with Gasteiger partial charge in [0.05, 0.1) is 16.6 Å². The van der Waals surface area contributed by atoms with Crippen molar-refractivity contribution in [1.29, 1.82) is 0 Å². The van der Waals surface area contributed by atoms with Gasteiger partial charge in [-0.1, -0.05) is 6.07 Å². The number of nitrogens with one attached hydrogen (secondary N) is 1. The number of hydrogen-bond donors (Lipinski definition) is 2. The van der Waals surface area contributed by atoms with E-state index in [1.165, 1.54) is 30.5 Å². The Morgan fingerprint density at radius 3 is 2.55 bits per heavy atom. The molecule has 112 valence electrons. The van der Waals surface area contributed by atoms with Gasteiger partial charge in [0.15, 0.2) is 22.9 Å². The average Bonchev–Trinajstić information content (AvgIpc) is 2.47. The fourth-order valence-electron chi connectivity index (χ4n) is 1.91. The van der Waals surface area contributed by atoms with E-state index in [1.807, 2.05) is 0 Å². The van der Waals surface area contributed by atoms with Gasteiger partial charge in [0.25, 0.3) is 15.0 Å². The number of hydrogen-bond acceptors (Lipinski definition) is 5. The molecule has 0 saturated carbocycles. The highest BCUT2D eigenvalue weighted by atomic mass is 35.5. The minimum Gasteiger partial charge on any atom is -0.399 e. The van der Waals surface area contributed by atoms with Crippen LogP contribution in [0.15, 0.2) is 53.6 Å². The van der Waals surface area contributed by atoms with Crippen LogP contribution in [0.1, 0.15) is 0 Å². The zero-order valence-electron chi connectivity index (χ0n) is 11.2. The Bertz CT molecular complexity index is 943. The highest BCUT2D eigenvalue weighted by Gasteiger charge is 2.16. The lowest BCUT2D eigenvalue weighted by atomic mass is 10.3. The second kappa shape index (κ2) is 5.43. The summed E-state index contributed by atoms with van der Waals surface area (Å²) in [5.74, 6) is 0.130. The predicted octanol–water partition coefficient (Wildman–Crippen LogP) is 1.71. The summed E-state index contributed by atoms with van der Waals surface area (Å²) in [6, 6.07) is 11.1. The van der Waals surface area contributed by atoms with Gasteiger partial charge in [0, 0.05) is 11.8 Å². The largest absolute Gasteiger partial charge is 0.399 e. The Hall–Kier alpha value is -2.38. The number of sulfonamides is 1. The number of benzene rings is 2. The number of rotatable bonds is 3. The summed E-state index contributed by atoms with van der Waals surface area (Å²) < 4.78 is 26.9. The van der Waals surface area contributed by atoms with Crippen LogP contribution in [0.5, 0.6) is 0 Å². The molecule has 0 radical (unpaired) electrons. The maximum absolute atomic E-state index is 12.3. The van der Waals surface area contributed by atoms with Crippen LogP contribution in [0.2, 0.25) is 5.02 Å². The third-order valence-electron chi connectivity index (χ3n) is 2.96. The lowest BCUT2D eigenvalue weighted by Crippen LogP contribution is -2.14. The van der Waals surface area contributed by atoms with Crippen LogP contribution in [0, 0.1) is 11.6 Å². The van der Waals surface area contributed by atoms with Crippen molar-refractivity contribution in [3.05, 3.63) is 53.7 Å². The van der Waals surface area contributed by atoms with Gasteiger partial charge in [-0.2, -0.15) is 0 Å². The molecule has 0 saturated heterocycles. The van der Waals surface area contributed by atoms with Crippen LogP contribution in [0.4, 0.5) is 11.5 Å². The van der Waals surface area contributed by atoms with Crippen molar-refractivity contribution in [1.82, 2.24) is 9.97 Å². The van der Waals surface area contributed by atoms with Crippen molar-refractivity contribution in [2.45, 2.75) is 4.90 Å². The Morgan fingerprint density at radius 2 is 1.82 bits per heavy atom. The fraction of sp³-hybridized carbons (Fsp3) is 0. The maximum Gasteiger partial charge on any atom is 0.263 e. The molecule has 2 aromatic carbocycles. The summed E-state index contributed by atoms with van der Waals surface area (Å²) in [5.41, 5.74) is 7.14. The molecule has 0 amide bonds. The summed E-state index contributed by atoms with van der Waals surface area (Å²) in [6.07, 6.45) is 1.34. The van der Waals surface area contributed by atoms with E-state index in [0.29, 0.717) is 21.7 Å². The topological polar surface area (TPSA) is 98.0 Å². The van der Waals surface area contributed by atoms with E-state index < -0.39 is 10.0 Å². The van der Waals surface area contributed by atoms with Gasteiger partial charge in [-0.05, 0) is 30.3 Å². The maximum atomic E-state index is 12.3. The summed E-state index contributed by atoms with van der Waals surface area (Å²) in [5, 5.41) is 0.568. The van der Waals surface area contributed by atoms with Gasteiger partial charge in [0.1, 0.15) is 0 Å². The molecule has 0 spiro atoms. The van der Waals surface area contributed by atoms with Crippen LogP contribution >= 0.6 is 0 Å². The van der Waals surface area contributed by atoms with E-state index in [9.17, 15) is 8.42 Å². The lowest BCUT2D eigenvalue weighted by molar-refractivity contribution is -0.286. The SMILES string of the molecule is Nc1ccc(S(=O)(=O)Nc2cnc3c([ClH+])cccc3n2)cc1. The van der Waals surface area contributed by atoms with Crippen molar-refractivity contribution in [3.63, 3.8) is 0 Å². The van der Waals surface area contributed by atoms with Crippen molar-refractivity contribution in [2.24, 2.45) is 0 Å². The van der Waals surface area contributed by atoms with Crippen LogP contribution in [-0.2, 0) is 10.0 Å². The van der Waals surface area contributed by atoms with E-state index in [4.69, 9.17) is 17.3 Å². The number of para-hydroxylation sites is 1. The molecule has 0 bridgehead atoms. The summed E-state index contributed by atoms with van der Waals surface area (Å²) in [7, 11) is -3.74. The quantitative estimate of drug-likeness (QED) is 0.710. The van der Waals surface area contributed by atoms with Crippen LogP contribution < -0.4 is 10.5 Å². The van der Waals surface area contributed by atoms with E-state index >= 15 is 0 Å². The van der Waals surface area contributed by atoms with Gasteiger partial charge in [0.2, 0.25) is 0 Å². The Morgan fingerprint density at radius 1 is 1.09 bits per heavy atom. The first kappa shape index (κ1) is 14.6. The van der Waals surface area contributed by atoms with Crippen molar-refractivity contribution in [3.8, 4) is 0 Å². The van der Waals surface area contributed by atoms with Crippen molar-refractivity contribution >= 4 is 32.6 Å². The molecule has 0 atom stereocenters. The lowest BCUT2D eigenvalue weighted by Gasteiger charge is -2.07. The molecule has 6 nitrogen and oxygen atoms in total. The standard InChI is InChI=1S/C14H12ClN4O2S/c15-11-2-1-3-12-14(11)17-8-13(18-12)19-22(20,21)10-6-4-9(16)5-7-10/h1-8,15H,16H2,(H,18,19)/q+1. The Kier molecular flexibility index (Phi) is 3.59. The van der Waals surface area contributed by atoms with Gasteiger partial charge in [-0.3, -0.25) is 4.72 Å². The minimum atomic E-state index is -3.74. The van der Waals surface area contributed by atoms with Crippen LogP contribution in [0.3, 0.4) is 0 Å². The molecule has 3 rings (SSSR count). The average molecular weight is 336 g/mol. The third kappa shape index (κ3) is 2.81. The Labute approximate surface area is 132 Å². The zero-order chi connectivity index (χ0) is 15.7. The number of fused-ring (bicyclic) bond motifs is 1. The first-order valence-electron chi connectivity index (χ1n) is 6.27. The molecule has 8 heteroatoms. The minimum absolute atomic E-state index is 0.0978.